The van der Waals surface area contributed by atoms with Crippen LogP contribution in [0.15, 0.2) is 30.8 Å². The summed E-state index contributed by atoms with van der Waals surface area (Å²) in [4.78, 5) is 11.5. The van der Waals surface area contributed by atoms with Crippen molar-refractivity contribution >= 4 is 5.57 Å². The number of hydrogen-bond acceptors (Lipinski definition) is 5. The van der Waals surface area contributed by atoms with Gasteiger partial charge < -0.3 is 14.6 Å². The summed E-state index contributed by atoms with van der Waals surface area (Å²) in [6.07, 6.45) is 4.25. The SMILES string of the molecule is C=C(c1cccc(OC(C)(C)CO)c1)C1COC2(CC3CCC2C3)OO1. The highest BCUT2D eigenvalue weighted by atomic mass is 17.2. The molecule has 1 spiro atoms. The summed E-state index contributed by atoms with van der Waals surface area (Å²) in [6, 6.07) is 7.65. The lowest BCUT2D eigenvalue weighted by atomic mass is 9.93. The van der Waals surface area contributed by atoms with Gasteiger partial charge in [0.1, 0.15) is 17.5 Å². The molecule has 1 aromatic rings. The van der Waals surface area contributed by atoms with Crippen LogP contribution < -0.4 is 4.74 Å². The minimum absolute atomic E-state index is 0.0597. The van der Waals surface area contributed by atoms with E-state index in [2.05, 4.69) is 6.58 Å². The highest BCUT2D eigenvalue weighted by molar-refractivity contribution is 5.68. The molecule has 0 amide bonds. The summed E-state index contributed by atoms with van der Waals surface area (Å²) >= 11 is 0. The summed E-state index contributed by atoms with van der Waals surface area (Å²) in [5, 5.41) is 9.39. The van der Waals surface area contributed by atoms with Crippen molar-refractivity contribution in [1.29, 1.82) is 0 Å². The van der Waals surface area contributed by atoms with E-state index in [-0.39, 0.29) is 12.7 Å². The van der Waals surface area contributed by atoms with Crippen molar-refractivity contribution in [3.8, 4) is 5.75 Å². The maximum absolute atomic E-state index is 9.39. The van der Waals surface area contributed by atoms with Gasteiger partial charge in [0.15, 0.2) is 0 Å². The number of benzene rings is 1. The van der Waals surface area contributed by atoms with Gasteiger partial charge in [0.25, 0.3) is 0 Å². The van der Waals surface area contributed by atoms with Gasteiger partial charge >= 0.3 is 0 Å². The fourth-order valence-corrected chi connectivity index (χ4v) is 4.37. The Balaban J connectivity index is 1.41. The van der Waals surface area contributed by atoms with E-state index >= 15 is 0 Å². The zero-order valence-electron chi connectivity index (χ0n) is 15.6. The van der Waals surface area contributed by atoms with Gasteiger partial charge in [-0.1, -0.05) is 18.7 Å². The third kappa shape index (κ3) is 3.29. The van der Waals surface area contributed by atoms with Crippen LogP contribution in [0.25, 0.3) is 5.57 Å². The van der Waals surface area contributed by atoms with Crippen molar-refractivity contribution in [1.82, 2.24) is 0 Å². The van der Waals surface area contributed by atoms with Gasteiger partial charge in [0.05, 0.1) is 13.2 Å². The van der Waals surface area contributed by atoms with Crippen LogP contribution in [0.5, 0.6) is 5.75 Å². The average Bonchev–Trinajstić information content (AvgIpc) is 3.23. The van der Waals surface area contributed by atoms with Crippen LogP contribution >= 0.6 is 0 Å². The van der Waals surface area contributed by atoms with Crippen LogP contribution in [-0.2, 0) is 14.5 Å². The number of fused-ring (bicyclic) bond motifs is 3. The van der Waals surface area contributed by atoms with Crippen LogP contribution in [-0.4, -0.2) is 35.8 Å². The molecule has 0 aromatic heterocycles. The maximum Gasteiger partial charge on any atom is 0.204 e. The highest BCUT2D eigenvalue weighted by Crippen LogP contribution is 2.54. The molecule has 4 unspecified atom stereocenters. The second-order valence-electron chi connectivity index (χ2n) is 8.44. The quantitative estimate of drug-likeness (QED) is 0.811. The third-order valence-corrected chi connectivity index (χ3v) is 5.89. The van der Waals surface area contributed by atoms with Gasteiger partial charge in [-0.25, -0.2) is 9.78 Å². The van der Waals surface area contributed by atoms with Crippen LogP contribution in [0.1, 0.15) is 45.1 Å². The van der Waals surface area contributed by atoms with Crippen molar-refractivity contribution in [2.24, 2.45) is 11.8 Å². The fourth-order valence-electron chi connectivity index (χ4n) is 4.37. The molecule has 2 saturated carbocycles. The minimum atomic E-state index is -0.637. The molecule has 1 aliphatic heterocycles. The van der Waals surface area contributed by atoms with E-state index in [0.29, 0.717) is 24.2 Å². The van der Waals surface area contributed by atoms with Crippen molar-refractivity contribution in [3.05, 3.63) is 36.4 Å². The molecule has 0 radical (unpaired) electrons. The van der Waals surface area contributed by atoms with Crippen molar-refractivity contribution < 1.29 is 24.4 Å². The molecule has 5 heteroatoms. The van der Waals surface area contributed by atoms with Crippen LogP contribution in [0.2, 0.25) is 0 Å². The Morgan fingerprint density at radius 2 is 2.23 bits per heavy atom. The van der Waals surface area contributed by atoms with Crippen molar-refractivity contribution in [2.45, 2.75) is 57.0 Å². The molecular weight excluding hydrogens is 332 g/mol. The van der Waals surface area contributed by atoms with Crippen LogP contribution in [0.3, 0.4) is 0 Å². The minimum Gasteiger partial charge on any atom is -0.485 e. The Bertz CT molecular complexity index is 675. The number of aliphatic hydroxyl groups excluding tert-OH is 1. The van der Waals surface area contributed by atoms with Crippen LogP contribution in [0, 0.1) is 11.8 Å². The van der Waals surface area contributed by atoms with Gasteiger partial charge in [0, 0.05) is 12.3 Å². The first-order valence-electron chi connectivity index (χ1n) is 9.48. The smallest absolute Gasteiger partial charge is 0.204 e. The summed E-state index contributed by atoms with van der Waals surface area (Å²) in [5.74, 6) is 1.33. The molecule has 3 fully saturated rings. The second-order valence-corrected chi connectivity index (χ2v) is 8.44. The molecule has 26 heavy (non-hydrogen) atoms. The molecular formula is C21H28O5. The summed E-state index contributed by atoms with van der Waals surface area (Å²) in [7, 11) is 0. The molecule has 142 valence electrons. The molecule has 4 rings (SSSR count). The van der Waals surface area contributed by atoms with Gasteiger partial charge in [-0.2, -0.15) is 0 Å². The lowest BCUT2D eigenvalue weighted by Crippen LogP contribution is -2.48. The normalized spacial score (nSPS) is 33.6. The fraction of sp³-hybridized carbons (Fsp3) is 0.619. The Kier molecular flexibility index (Phi) is 4.59. The average molecular weight is 360 g/mol. The van der Waals surface area contributed by atoms with E-state index in [9.17, 15) is 5.11 Å². The molecule has 5 nitrogen and oxygen atoms in total. The van der Waals surface area contributed by atoms with Gasteiger partial charge in [0.2, 0.25) is 5.79 Å². The Labute approximate surface area is 154 Å². The number of ether oxygens (including phenoxy) is 2. The first-order valence-corrected chi connectivity index (χ1v) is 9.48. The Morgan fingerprint density at radius 3 is 2.85 bits per heavy atom. The first kappa shape index (κ1) is 18.0. The molecule has 1 aromatic carbocycles. The summed E-state index contributed by atoms with van der Waals surface area (Å²) in [5.41, 5.74) is 1.08. The predicted molar refractivity (Wildman–Crippen MR) is 97.4 cm³/mol. The van der Waals surface area contributed by atoms with Gasteiger partial charge in [-0.05, 0) is 62.3 Å². The second kappa shape index (κ2) is 6.64. The molecule has 4 atom stereocenters. The van der Waals surface area contributed by atoms with Crippen LogP contribution in [0.4, 0.5) is 0 Å². The van der Waals surface area contributed by atoms with E-state index in [4.69, 9.17) is 19.2 Å². The predicted octanol–water partition coefficient (Wildman–Crippen LogP) is 3.71. The van der Waals surface area contributed by atoms with Crippen molar-refractivity contribution in [2.75, 3.05) is 13.2 Å². The third-order valence-electron chi connectivity index (χ3n) is 5.89. The number of aliphatic hydroxyl groups is 1. The lowest BCUT2D eigenvalue weighted by Gasteiger charge is -2.41. The first-order chi connectivity index (χ1) is 12.4. The Morgan fingerprint density at radius 1 is 1.38 bits per heavy atom. The molecule has 1 heterocycles. The lowest BCUT2D eigenvalue weighted by molar-refractivity contribution is -0.488. The van der Waals surface area contributed by atoms with E-state index in [1.807, 2.05) is 38.1 Å². The zero-order chi connectivity index (χ0) is 18.4. The largest absolute Gasteiger partial charge is 0.485 e. The molecule has 1 N–H and O–H groups in total. The molecule has 2 bridgehead atoms. The number of hydrogen-bond donors (Lipinski definition) is 1. The van der Waals surface area contributed by atoms with E-state index in [0.717, 1.165) is 17.6 Å². The number of rotatable bonds is 5. The van der Waals surface area contributed by atoms with E-state index in [1.165, 1.54) is 19.3 Å². The Hall–Kier alpha value is -1.40. The standard InChI is InChI=1S/C21H28O5/c1-14(16-5-4-6-18(10-16)24-20(2,3)13-22)19-12-23-21(26-25-19)11-15-7-8-17(21)9-15/h4-6,10,15,17,19,22H,1,7-9,11-13H2,2-3H3. The van der Waals surface area contributed by atoms with E-state index in [1.54, 1.807) is 0 Å². The topological polar surface area (TPSA) is 57.2 Å². The van der Waals surface area contributed by atoms with Gasteiger partial charge in [-0.15, -0.1) is 0 Å². The maximum atomic E-state index is 9.39. The highest BCUT2D eigenvalue weighted by Gasteiger charge is 2.56. The zero-order valence-corrected chi connectivity index (χ0v) is 15.6. The summed E-state index contributed by atoms with van der Waals surface area (Å²) < 4.78 is 12.0. The molecule has 2 aliphatic carbocycles. The monoisotopic (exact) mass is 360 g/mol. The van der Waals surface area contributed by atoms with Gasteiger partial charge in [-0.3, -0.25) is 0 Å². The van der Waals surface area contributed by atoms with E-state index < -0.39 is 11.4 Å². The van der Waals surface area contributed by atoms with Crippen molar-refractivity contribution in [3.63, 3.8) is 0 Å². The molecule has 1 saturated heterocycles. The summed E-state index contributed by atoms with van der Waals surface area (Å²) in [6.45, 7) is 8.26. The molecule has 3 aliphatic rings.